The SMILES string of the molecule is Cc1cccnc1NC(=O)c1cc(C(F)(F)F)ccc1F. The third kappa shape index (κ3) is 3.36. The van der Waals surface area contributed by atoms with Gasteiger partial charge in [-0.3, -0.25) is 4.79 Å². The average molecular weight is 298 g/mol. The summed E-state index contributed by atoms with van der Waals surface area (Å²) in [5.41, 5.74) is -1.17. The van der Waals surface area contributed by atoms with Gasteiger partial charge < -0.3 is 5.32 Å². The third-order valence-electron chi connectivity index (χ3n) is 2.78. The molecule has 0 unspecified atom stereocenters. The largest absolute Gasteiger partial charge is 0.416 e. The number of nitrogens with zero attached hydrogens (tertiary/aromatic N) is 1. The van der Waals surface area contributed by atoms with E-state index in [4.69, 9.17) is 0 Å². The molecule has 1 N–H and O–H groups in total. The molecule has 2 rings (SSSR count). The molecule has 110 valence electrons. The van der Waals surface area contributed by atoms with Crippen LogP contribution in [-0.2, 0) is 6.18 Å². The zero-order valence-electron chi connectivity index (χ0n) is 10.8. The standard InChI is InChI=1S/C14H10F4N2O/c1-8-3-2-6-19-12(8)20-13(21)10-7-9(14(16,17)18)4-5-11(10)15/h2-7H,1H3,(H,19,20,21). The Morgan fingerprint density at radius 2 is 1.95 bits per heavy atom. The van der Waals surface area contributed by atoms with E-state index in [1.165, 1.54) is 6.20 Å². The highest BCUT2D eigenvalue weighted by Gasteiger charge is 2.32. The quantitative estimate of drug-likeness (QED) is 0.857. The van der Waals surface area contributed by atoms with Crippen LogP contribution in [0.1, 0.15) is 21.5 Å². The van der Waals surface area contributed by atoms with E-state index < -0.39 is 29.0 Å². The molecule has 0 spiro atoms. The van der Waals surface area contributed by atoms with E-state index in [1.807, 2.05) is 0 Å². The first-order valence-corrected chi connectivity index (χ1v) is 5.89. The van der Waals surface area contributed by atoms with Crippen LogP contribution in [0, 0.1) is 12.7 Å². The highest BCUT2D eigenvalue weighted by Crippen LogP contribution is 2.30. The summed E-state index contributed by atoms with van der Waals surface area (Å²) in [5.74, 6) is -1.85. The van der Waals surface area contributed by atoms with Crippen LogP contribution < -0.4 is 5.32 Å². The molecule has 0 aliphatic carbocycles. The summed E-state index contributed by atoms with van der Waals surface area (Å²) in [4.78, 5) is 15.8. The number of alkyl halides is 3. The number of hydrogen-bond donors (Lipinski definition) is 1. The molecular formula is C14H10F4N2O. The van der Waals surface area contributed by atoms with Gasteiger partial charge >= 0.3 is 6.18 Å². The molecule has 7 heteroatoms. The van der Waals surface area contributed by atoms with E-state index in [-0.39, 0.29) is 5.82 Å². The van der Waals surface area contributed by atoms with Gasteiger partial charge in [-0.2, -0.15) is 13.2 Å². The van der Waals surface area contributed by atoms with Crippen molar-refractivity contribution in [3.63, 3.8) is 0 Å². The first-order valence-electron chi connectivity index (χ1n) is 5.89. The van der Waals surface area contributed by atoms with Crippen molar-refractivity contribution in [2.75, 3.05) is 5.32 Å². The normalized spacial score (nSPS) is 11.3. The van der Waals surface area contributed by atoms with Crippen molar-refractivity contribution in [1.82, 2.24) is 4.98 Å². The van der Waals surface area contributed by atoms with E-state index in [2.05, 4.69) is 10.3 Å². The lowest BCUT2D eigenvalue weighted by Gasteiger charge is -2.10. The molecule has 3 nitrogen and oxygen atoms in total. The molecule has 1 aromatic heterocycles. The Morgan fingerprint density at radius 3 is 2.57 bits per heavy atom. The Hall–Kier alpha value is -2.44. The summed E-state index contributed by atoms with van der Waals surface area (Å²) < 4.78 is 51.3. The van der Waals surface area contributed by atoms with Gasteiger partial charge in [0.05, 0.1) is 11.1 Å². The molecule has 21 heavy (non-hydrogen) atoms. The van der Waals surface area contributed by atoms with Gasteiger partial charge in [0.15, 0.2) is 0 Å². The number of aromatic nitrogens is 1. The van der Waals surface area contributed by atoms with Crippen molar-refractivity contribution in [2.24, 2.45) is 0 Å². The first kappa shape index (κ1) is 15.0. The molecule has 1 amide bonds. The van der Waals surface area contributed by atoms with E-state index in [0.29, 0.717) is 23.8 Å². The monoisotopic (exact) mass is 298 g/mol. The Bertz CT molecular complexity index is 683. The minimum atomic E-state index is -4.65. The van der Waals surface area contributed by atoms with Crippen LogP contribution in [0.15, 0.2) is 36.5 Å². The highest BCUT2D eigenvalue weighted by atomic mass is 19.4. The van der Waals surface area contributed by atoms with Gasteiger partial charge in [0, 0.05) is 6.20 Å². The van der Waals surface area contributed by atoms with Crippen LogP contribution in [0.2, 0.25) is 0 Å². The lowest BCUT2D eigenvalue weighted by Crippen LogP contribution is -2.17. The van der Waals surface area contributed by atoms with Gasteiger partial charge in [0.1, 0.15) is 11.6 Å². The average Bonchev–Trinajstić information content (AvgIpc) is 2.40. The van der Waals surface area contributed by atoms with Crippen molar-refractivity contribution in [1.29, 1.82) is 0 Å². The van der Waals surface area contributed by atoms with Crippen molar-refractivity contribution in [2.45, 2.75) is 13.1 Å². The van der Waals surface area contributed by atoms with E-state index in [0.717, 1.165) is 0 Å². The molecule has 2 aromatic rings. The number of anilines is 1. The number of carbonyl (C=O) groups excluding carboxylic acids is 1. The molecule has 0 atom stereocenters. The smallest absolute Gasteiger partial charge is 0.306 e. The van der Waals surface area contributed by atoms with Gasteiger partial charge in [-0.05, 0) is 36.8 Å². The lowest BCUT2D eigenvalue weighted by atomic mass is 10.1. The lowest BCUT2D eigenvalue weighted by molar-refractivity contribution is -0.137. The number of amides is 1. The summed E-state index contributed by atoms with van der Waals surface area (Å²) in [7, 11) is 0. The second-order valence-corrected chi connectivity index (χ2v) is 4.32. The molecule has 0 fully saturated rings. The third-order valence-corrected chi connectivity index (χ3v) is 2.78. The summed E-state index contributed by atoms with van der Waals surface area (Å²) >= 11 is 0. The Morgan fingerprint density at radius 1 is 1.24 bits per heavy atom. The summed E-state index contributed by atoms with van der Waals surface area (Å²) in [6.45, 7) is 1.66. The zero-order chi connectivity index (χ0) is 15.6. The summed E-state index contributed by atoms with van der Waals surface area (Å²) in [5, 5.41) is 2.29. The number of nitrogens with one attached hydrogen (secondary N) is 1. The number of aryl methyl sites for hydroxylation is 1. The predicted octanol–water partition coefficient (Wildman–Crippen LogP) is 3.80. The topological polar surface area (TPSA) is 42.0 Å². The second kappa shape index (κ2) is 5.51. The van der Waals surface area contributed by atoms with Crippen molar-refractivity contribution < 1.29 is 22.4 Å². The number of rotatable bonds is 2. The van der Waals surface area contributed by atoms with Crippen LogP contribution in [0.25, 0.3) is 0 Å². The van der Waals surface area contributed by atoms with E-state index in [1.54, 1.807) is 19.1 Å². The molecule has 0 aliphatic heterocycles. The molecule has 1 heterocycles. The van der Waals surface area contributed by atoms with E-state index in [9.17, 15) is 22.4 Å². The van der Waals surface area contributed by atoms with Crippen LogP contribution in [-0.4, -0.2) is 10.9 Å². The minimum absolute atomic E-state index is 0.166. The predicted molar refractivity (Wildman–Crippen MR) is 68.3 cm³/mol. The molecule has 0 radical (unpaired) electrons. The van der Waals surface area contributed by atoms with Crippen molar-refractivity contribution in [3.05, 3.63) is 59.0 Å². The molecule has 0 saturated carbocycles. The van der Waals surface area contributed by atoms with Crippen molar-refractivity contribution in [3.8, 4) is 0 Å². The number of carbonyl (C=O) groups is 1. The fourth-order valence-electron chi connectivity index (χ4n) is 1.67. The number of hydrogen-bond acceptors (Lipinski definition) is 2. The molecule has 0 bridgehead atoms. The van der Waals surface area contributed by atoms with Crippen LogP contribution in [0.5, 0.6) is 0 Å². The van der Waals surface area contributed by atoms with Crippen LogP contribution in [0.3, 0.4) is 0 Å². The van der Waals surface area contributed by atoms with Gasteiger partial charge in [0.25, 0.3) is 5.91 Å². The fourth-order valence-corrected chi connectivity index (χ4v) is 1.67. The Balaban J connectivity index is 2.33. The van der Waals surface area contributed by atoms with E-state index >= 15 is 0 Å². The highest BCUT2D eigenvalue weighted by molar-refractivity contribution is 6.04. The zero-order valence-corrected chi connectivity index (χ0v) is 10.8. The first-order chi connectivity index (χ1) is 9.79. The van der Waals surface area contributed by atoms with Crippen molar-refractivity contribution >= 4 is 11.7 Å². The van der Waals surface area contributed by atoms with Gasteiger partial charge in [-0.25, -0.2) is 9.37 Å². The number of halogens is 4. The van der Waals surface area contributed by atoms with Crippen LogP contribution >= 0.6 is 0 Å². The minimum Gasteiger partial charge on any atom is -0.306 e. The number of benzene rings is 1. The maximum Gasteiger partial charge on any atom is 0.416 e. The maximum absolute atomic E-state index is 13.6. The molecule has 1 aromatic carbocycles. The Labute approximate surface area is 117 Å². The van der Waals surface area contributed by atoms with Gasteiger partial charge in [-0.15, -0.1) is 0 Å². The maximum atomic E-state index is 13.6. The fraction of sp³-hybridized carbons (Fsp3) is 0.143. The number of pyridine rings is 1. The Kier molecular flexibility index (Phi) is 3.93. The summed E-state index contributed by atoms with van der Waals surface area (Å²) in [6, 6.07) is 4.96. The summed E-state index contributed by atoms with van der Waals surface area (Å²) in [6.07, 6.45) is -3.24. The molecule has 0 aliphatic rings. The molecule has 0 saturated heterocycles. The molecular weight excluding hydrogens is 288 g/mol. The second-order valence-electron chi connectivity index (χ2n) is 4.32. The van der Waals surface area contributed by atoms with Gasteiger partial charge in [-0.1, -0.05) is 6.07 Å². The van der Waals surface area contributed by atoms with Gasteiger partial charge in [0.2, 0.25) is 0 Å². The van der Waals surface area contributed by atoms with Crippen LogP contribution in [0.4, 0.5) is 23.4 Å².